The molecule has 9 heteroatoms. The number of fused-ring (bicyclic) bond motifs is 1. The molecule has 1 fully saturated rings. The number of carbonyl (C=O) groups is 3. The second kappa shape index (κ2) is 10.4. The summed E-state index contributed by atoms with van der Waals surface area (Å²) >= 11 is 0. The number of amides is 3. The first-order chi connectivity index (χ1) is 18.6. The molecule has 1 aliphatic heterocycles. The van der Waals surface area contributed by atoms with E-state index in [-0.39, 0.29) is 23.8 Å². The first kappa shape index (κ1) is 26.2. The molecule has 0 bridgehead atoms. The standard InChI is InChI=1S/C30H34N6O3/c1-20-17-34(28(38)25-18-35(19-31-25)22-11-6-5-7-12-22)14-15-36(20)29(39)26(30(2,3)4)33-27(37)24-16-21-10-8-9-13-23(21)32-24/h5-13,16,18-20,26,32H,14-15,17H2,1-4H3,(H,33,37). The van der Waals surface area contributed by atoms with E-state index in [1.807, 2.05) is 86.9 Å². The summed E-state index contributed by atoms with van der Waals surface area (Å²) in [4.78, 5) is 51.1. The molecule has 5 rings (SSSR count). The van der Waals surface area contributed by atoms with E-state index in [4.69, 9.17) is 0 Å². The van der Waals surface area contributed by atoms with Gasteiger partial charge in [-0.05, 0) is 36.6 Å². The molecular weight excluding hydrogens is 492 g/mol. The summed E-state index contributed by atoms with van der Waals surface area (Å²) < 4.78 is 1.82. The molecular formula is C30H34N6O3. The van der Waals surface area contributed by atoms with Crippen LogP contribution in [0.3, 0.4) is 0 Å². The largest absolute Gasteiger partial charge is 0.351 e. The quantitative estimate of drug-likeness (QED) is 0.412. The van der Waals surface area contributed by atoms with Crippen molar-refractivity contribution in [2.75, 3.05) is 19.6 Å². The summed E-state index contributed by atoms with van der Waals surface area (Å²) in [7, 11) is 0. The molecule has 9 nitrogen and oxygen atoms in total. The van der Waals surface area contributed by atoms with E-state index in [1.54, 1.807) is 28.4 Å². The van der Waals surface area contributed by atoms with Crippen molar-refractivity contribution in [2.24, 2.45) is 5.41 Å². The zero-order valence-electron chi connectivity index (χ0n) is 22.7. The molecule has 2 unspecified atom stereocenters. The molecule has 3 heterocycles. The van der Waals surface area contributed by atoms with Gasteiger partial charge in [-0.3, -0.25) is 14.4 Å². The number of hydrogen-bond donors (Lipinski definition) is 2. The zero-order chi connectivity index (χ0) is 27.7. The van der Waals surface area contributed by atoms with Gasteiger partial charge in [0.05, 0.1) is 0 Å². The SMILES string of the molecule is CC1CN(C(=O)c2cn(-c3ccccc3)cn2)CCN1C(=O)C(NC(=O)c1cc2ccccc2[nH]1)C(C)(C)C. The molecule has 1 aliphatic rings. The Morgan fingerprint density at radius 3 is 2.44 bits per heavy atom. The van der Waals surface area contributed by atoms with Crippen molar-refractivity contribution in [1.82, 2.24) is 29.7 Å². The Labute approximate surface area is 227 Å². The minimum atomic E-state index is -0.734. The fraction of sp³-hybridized carbons (Fsp3) is 0.333. The zero-order valence-corrected chi connectivity index (χ0v) is 22.7. The van der Waals surface area contributed by atoms with E-state index in [0.29, 0.717) is 31.0 Å². The molecule has 4 aromatic rings. The molecule has 2 atom stereocenters. The van der Waals surface area contributed by atoms with E-state index >= 15 is 0 Å². The lowest BCUT2D eigenvalue weighted by Gasteiger charge is -2.43. The number of piperazine rings is 1. The van der Waals surface area contributed by atoms with Gasteiger partial charge in [0.15, 0.2) is 0 Å². The molecule has 0 saturated carbocycles. The Morgan fingerprint density at radius 2 is 1.74 bits per heavy atom. The van der Waals surface area contributed by atoms with Gasteiger partial charge in [0.2, 0.25) is 5.91 Å². The van der Waals surface area contributed by atoms with E-state index < -0.39 is 11.5 Å². The van der Waals surface area contributed by atoms with Crippen LogP contribution in [0.5, 0.6) is 0 Å². The van der Waals surface area contributed by atoms with Crippen LogP contribution in [-0.4, -0.2) is 73.8 Å². The van der Waals surface area contributed by atoms with Crippen molar-refractivity contribution in [3.63, 3.8) is 0 Å². The number of hydrogen-bond acceptors (Lipinski definition) is 4. The van der Waals surface area contributed by atoms with Crippen LogP contribution in [0.25, 0.3) is 16.6 Å². The third kappa shape index (κ3) is 5.43. The molecule has 0 aliphatic carbocycles. The predicted molar refractivity (Wildman–Crippen MR) is 150 cm³/mol. The molecule has 0 spiro atoms. The van der Waals surface area contributed by atoms with Gasteiger partial charge in [0.25, 0.3) is 11.8 Å². The van der Waals surface area contributed by atoms with Gasteiger partial charge in [-0.15, -0.1) is 0 Å². The minimum Gasteiger partial charge on any atom is -0.351 e. The highest BCUT2D eigenvalue weighted by molar-refractivity contribution is 6.00. The Hall–Kier alpha value is -4.40. The van der Waals surface area contributed by atoms with Gasteiger partial charge in [-0.2, -0.15) is 0 Å². The van der Waals surface area contributed by atoms with E-state index in [0.717, 1.165) is 16.6 Å². The van der Waals surface area contributed by atoms with Crippen molar-refractivity contribution in [2.45, 2.75) is 39.8 Å². The second-order valence-electron chi connectivity index (χ2n) is 11.2. The molecule has 2 N–H and O–H groups in total. The average Bonchev–Trinajstić information content (AvgIpc) is 3.58. The number of benzene rings is 2. The molecule has 0 radical (unpaired) electrons. The second-order valence-corrected chi connectivity index (χ2v) is 11.2. The molecule has 3 amide bonds. The maximum atomic E-state index is 13.8. The fourth-order valence-corrected chi connectivity index (χ4v) is 5.03. The molecule has 2 aromatic carbocycles. The third-order valence-electron chi connectivity index (χ3n) is 7.22. The Bertz CT molecular complexity index is 1470. The third-order valence-corrected chi connectivity index (χ3v) is 7.22. The average molecular weight is 527 g/mol. The number of H-pyrrole nitrogens is 1. The van der Waals surface area contributed by atoms with Crippen LogP contribution in [0, 0.1) is 5.41 Å². The smallest absolute Gasteiger partial charge is 0.274 e. The minimum absolute atomic E-state index is 0.153. The van der Waals surface area contributed by atoms with Crippen molar-refractivity contribution < 1.29 is 14.4 Å². The number of para-hydroxylation sites is 2. The monoisotopic (exact) mass is 526 g/mol. The first-order valence-electron chi connectivity index (χ1n) is 13.2. The van der Waals surface area contributed by atoms with Crippen molar-refractivity contribution in [3.05, 3.63) is 84.6 Å². The molecule has 39 heavy (non-hydrogen) atoms. The van der Waals surface area contributed by atoms with Gasteiger partial charge in [-0.1, -0.05) is 57.2 Å². The maximum Gasteiger partial charge on any atom is 0.274 e. The number of carbonyl (C=O) groups excluding carboxylic acids is 3. The Kier molecular flexibility index (Phi) is 6.99. The van der Waals surface area contributed by atoms with Crippen molar-refractivity contribution in [1.29, 1.82) is 0 Å². The maximum absolute atomic E-state index is 13.8. The topological polar surface area (TPSA) is 103 Å². The molecule has 2 aromatic heterocycles. The van der Waals surface area contributed by atoms with E-state index in [9.17, 15) is 14.4 Å². The number of rotatable bonds is 5. The van der Waals surface area contributed by atoms with Crippen LogP contribution in [0.1, 0.15) is 48.7 Å². The molecule has 202 valence electrons. The number of nitrogens with zero attached hydrogens (tertiary/aromatic N) is 4. The lowest BCUT2D eigenvalue weighted by molar-refractivity contribution is -0.140. The summed E-state index contributed by atoms with van der Waals surface area (Å²) in [5, 5.41) is 3.91. The van der Waals surface area contributed by atoms with Crippen molar-refractivity contribution >= 4 is 28.6 Å². The Balaban J connectivity index is 1.26. The van der Waals surface area contributed by atoms with Crippen LogP contribution >= 0.6 is 0 Å². The van der Waals surface area contributed by atoms with E-state index in [2.05, 4.69) is 15.3 Å². The lowest BCUT2D eigenvalue weighted by Crippen LogP contribution is -2.62. The van der Waals surface area contributed by atoms with Gasteiger partial charge < -0.3 is 24.7 Å². The summed E-state index contributed by atoms with van der Waals surface area (Å²) in [6, 6.07) is 18.2. The van der Waals surface area contributed by atoms with E-state index in [1.165, 1.54) is 0 Å². The summed E-state index contributed by atoms with van der Waals surface area (Å²) in [5.41, 5.74) is 2.05. The van der Waals surface area contributed by atoms with Gasteiger partial charge >= 0.3 is 0 Å². The predicted octanol–water partition coefficient (Wildman–Crippen LogP) is 3.87. The normalized spacial score (nSPS) is 16.8. The fourth-order valence-electron chi connectivity index (χ4n) is 5.03. The summed E-state index contributed by atoms with van der Waals surface area (Å²) in [5.74, 6) is -0.641. The number of imidazole rings is 1. The highest BCUT2D eigenvalue weighted by atomic mass is 16.2. The van der Waals surface area contributed by atoms with Crippen LogP contribution < -0.4 is 5.32 Å². The number of nitrogens with one attached hydrogen (secondary N) is 2. The first-order valence-corrected chi connectivity index (χ1v) is 13.2. The Morgan fingerprint density at radius 1 is 1.03 bits per heavy atom. The highest BCUT2D eigenvalue weighted by Crippen LogP contribution is 2.25. The number of aromatic amines is 1. The van der Waals surface area contributed by atoms with Crippen LogP contribution in [-0.2, 0) is 4.79 Å². The van der Waals surface area contributed by atoms with Gasteiger partial charge in [-0.25, -0.2) is 4.98 Å². The number of aromatic nitrogens is 3. The lowest BCUT2D eigenvalue weighted by atomic mass is 9.85. The van der Waals surface area contributed by atoms with Crippen molar-refractivity contribution in [3.8, 4) is 5.69 Å². The highest BCUT2D eigenvalue weighted by Gasteiger charge is 2.40. The van der Waals surface area contributed by atoms with Crippen LogP contribution in [0.4, 0.5) is 0 Å². The molecule has 1 saturated heterocycles. The summed E-state index contributed by atoms with van der Waals surface area (Å²) in [6.45, 7) is 8.90. The van der Waals surface area contributed by atoms with Gasteiger partial charge in [0.1, 0.15) is 23.8 Å². The van der Waals surface area contributed by atoms with Crippen LogP contribution in [0.2, 0.25) is 0 Å². The van der Waals surface area contributed by atoms with Gasteiger partial charge in [0, 0.05) is 48.5 Å². The van der Waals surface area contributed by atoms with Crippen LogP contribution in [0.15, 0.2) is 73.2 Å². The summed E-state index contributed by atoms with van der Waals surface area (Å²) in [6.07, 6.45) is 3.37.